The predicted octanol–water partition coefficient (Wildman–Crippen LogP) is 2.22. The number of hydrogen-bond donors (Lipinski definition) is 2. The van der Waals surface area contributed by atoms with Gasteiger partial charge in [0, 0.05) is 25.6 Å². The third-order valence-corrected chi connectivity index (χ3v) is 3.72. The molecule has 0 spiro atoms. The van der Waals surface area contributed by atoms with Crippen molar-refractivity contribution in [3.8, 4) is 6.07 Å². The summed E-state index contributed by atoms with van der Waals surface area (Å²) in [5.41, 5.74) is 0.992. The smallest absolute Gasteiger partial charge is 0.251 e. The van der Waals surface area contributed by atoms with E-state index in [4.69, 9.17) is 5.26 Å². The van der Waals surface area contributed by atoms with Gasteiger partial charge in [-0.05, 0) is 25.0 Å². The van der Waals surface area contributed by atoms with Crippen molar-refractivity contribution in [3.63, 3.8) is 0 Å². The van der Waals surface area contributed by atoms with Gasteiger partial charge in [-0.2, -0.15) is 10.4 Å². The Morgan fingerprint density at radius 1 is 1.20 bits per heavy atom. The lowest BCUT2D eigenvalue weighted by molar-refractivity contribution is -0.116. The van der Waals surface area contributed by atoms with Gasteiger partial charge >= 0.3 is 0 Å². The first kappa shape index (κ1) is 18.2. The number of aryl methyl sites for hydroxylation is 1. The monoisotopic (exact) mass is 339 g/mol. The van der Waals surface area contributed by atoms with Crippen molar-refractivity contribution < 1.29 is 9.59 Å². The number of aromatic nitrogens is 2. The number of benzene rings is 1. The summed E-state index contributed by atoms with van der Waals surface area (Å²) in [6.07, 6.45) is 4.14. The van der Waals surface area contributed by atoms with Crippen molar-refractivity contribution in [1.29, 1.82) is 5.26 Å². The summed E-state index contributed by atoms with van der Waals surface area (Å²) in [5, 5.41) is 18.5. The molecule has 0 fully saturated rings. The Labute approximate surface area is 146 Å². The third kappa shape index (κ3) is 5.46. The number of amides is 2. The van der Waals surface area contributed by atoms with Gasteiger partial charge in [-0.15, -0.1) is 0 Å². The highest BCUT2D eigenvalue weighted by Crippen LogP contribution is 2.13. The molecule has 0 unspecified atom stereocenters. The van der Waals surface area contributed by atoms with Crippen LogP contribution in [0.1, 0.15) is 41.6 Å². The number of rotatable bonds is 8. The average Bonchev–Trinajstić information content (AvgIpc) is 2.98. The summed E-state index contributed by atoms with van der Waals surface area (Å²) < 4.78 is 1.47. The van der Waals surface area contributed by atoms with E-state index in [-0.39, 0.29) is 11.8 Å². The molecule has 0 saturated heterocycles. The molecule has 0 bridgehead atoms. The molecule has 2 aromatic rings. The van der Waals surface area contributed by atoms with E-state index in [0.717, 1.165) is 12.8 Å². The number of carbonyl (C=O) groups is 2. The van der Waals surface area contributed by atoms with Crippen molar-refractivity contribution in [2.75, 3.05) is 11.9 Å². The molecule has 130 valence electrons. The molecule has 0 radical (unpaired) electrons. The standard InChI is InChI=1S/C18H21N5O2/c1-23-17(15(12-19)13-21-23)22-16(24)10-6-3-7-11-20-18(25)14-8-4-2-5-9-14/h2,4-5,8-9,13H,3,6-7,10-11H2,1H3,(H,20,25)(H,22,24). The number of nitrogens with zero attached hydrogens (tertiary/aromatic N) is 3. The molecule has 7 nitrogen and oxygen atoms in total. The number of unbranched alkanes of at least 4 members (excludes halogenated alkanes) is 2. The molecule has 0 aliphatic carbocycles. The second kappa shape index (κ2) is 9.23. The molecule has 2 rings (SSSR count). The fourth-order valence-electron chi connectivity index (χ4n) is 2.34. The summed E-state index contributed by atoms with van der Waals surface area (Å²) in [4.78, 5) is 23.8. The Bertz CT molecular complexity index is 762. The van der Waals surface area contributed by atoms with Crippen LogP contribution in [0.4, 0.5) is 5.82 Å². The van der Waals surface area contributed by atoms with Crippen LogP contribution in [-0.4, -0.2) is 28.1 Å². The Morgan fingerprint density at radius 2 is 1.96 bits per heavy atom. The SMILES string of the molecule is Cn1ncc(C#N)c1NC(=O)CCCCCNC(=O)c1ccccc1. The van der Waals surface area contributed by atoms with Crippen LogP contribution in [0, 0.1) is 11.3 Å². The number of nitrogens with one attached hydrogen (secondary N) is 2. The van der Waals surface area contributed by atoms with Crippen molar-refractivity contribution in [3.05, 3.63) is 47.7 Å². The summed E-state index contributed by atoms with van der Waals surface area (Å²) in [7, 11) is 1.67. The van der Waals surface area contributed by atoms with Crippen LogP contribution >= 0.6 is 0 Å². The van der Waals surface area contributed by atoms with E-state index < -0.39 is 0 Å². The first-order valence-corrected chi connectivity index (χ1v) is 8.17. The van der Waals surface area contributed by atoms with Crippen molar-refractivity contribution in [1.82, 2.24) is 15.1 Å². The molecule has 0 aliphatic heterocycles. The molecular weight excluding hydrogens is 318 g/mol. The number of nitriles is 1. The van der Waals surface area contributed by atoms with Crippen LogP contribution in [0.15, 0.2) is 36.5 Å². The topological polar surface area (TPSA) is 99.8 Å². The second-order valence-electron chi connectivity index (χ2n) is 5.62. The van der Waals surface area contributed by atoms with Crippen molar-refractivity contribution in [2.45, 2.75) is 25.7 Å². The minimum Gasteiger partial charge on any atom is -0.352 e. The molecule has 1 aromatic heterocycles. The molecule has 2 N–H and O–H groups in total. The molecule has 25 heavy (non-hydrogen) atoms. The summed E-state index contributed by atoms with van der Waals surface area (Å²) in [5.74, 6) is 0.189. The lowest BCUT2D eigenvalue weighted by Crippen LogP contribution is -2.24. The van der Waals surface area contributed by atoms with Crippen molar-refractivity contribution >= 4 is 17.6 Å². The number of carbonyl (C=O) groups excluding carboxylic acids is 2. The highest BCUT2D eigenvalue weighted by atomic mass is 16.2. The lowest BCUT2D eigenvalue weighted by atomic mass is 10.1. The van der Waals surface area contributed by atoms with Crippen LogP contribution in [0.2, 0.25) is 0 Å². The van der Waals surface area contributed by atoms with Gasteiger partial charge in [0.25, 0.3) is 5.91 Å². The van der Waals surface area contributed by atoms with Gasteiger partial charge in [-0.25, -0.2) is 0 Å². The lowest BCUT2D eigenvalue weighted by Gasteiger charge is -2.07. The van der Waals surface area contributed by atoms with Gasteiger partial charge < -0.3 is 10.6 Å². The molecule has 2 amide bonds. The Hall–Kier alpha value is -3.14. The molecular formula is C18H21N5O2. The van der Waals surface area contributed by atoms with Crippen molar-refractivity contribution in [2.24, 2.45) is 7.05 Å². The maximum absolute atomic E-state index is 11.9. The molecule has 0 atom stereocenters. The summed E-state index contributed by atoms with van der Waals surface area (Å²) in [6.45, 7) is 0.579. The van der Waals surface area contributed by atoms with Gasteiger partial charge in [-0.3, -0.25) is 14.3 Å². The highest BCUT2D eigenvalue weighted by molar-refractivity contribution is 5.94. The third-order valence-electron chi connectivity index (χ3n) is 3.72. The van der Waals surface area contributed by atoms with Gasteiger partial charge in [0.05, 0.1) is 6.20 Å². The van der Waals surface area contributed by atoms with Crippen LogP contribution in [0.25, 0.3) is 0 Å². The Balaban J connectivity index is 1.61. The van der Waals surface area contributed by atoms with Crippen LogP contribution < -0.4 is 10.6 Å². The minimum absolute atomic E-state index is 0.0846. The van der Waals surface area contributed by atoms with E-state index in [1.54, 1.807) is 19.2 Å². The maximum Gasteiger partial charge on any atom is 0.251 e. The molecule has 0 aliphatic rings. The van der Waals surface area contributed by atoms with E-state index in [9.17, 15) is 9.59 Å². The fourth-order valence-corrected chi connectivity index (χ4v) is 2.34. The zero-order chi connectivity index (χ0) is 18.1. The summed E-state index contributed by atoms with van der Waals surface area (Å²) >= 11 is 0. The Kier molecular flexibility index (Phi) is 6.72. The largest absolute Gasteiger partial charge is 0.352 e. The quantitative estimate of drug-likeness (QED) is 0.720. The van der Waals surface area contributed by atoms with E-state index in [1.807, 2.05) is 24.3 Å². The van der Waals surface area contributed by atoms with Crippen LogP contribution in [-0.2, 0) is 11.8 Å². The normalized spacial score (nSPS) is 10.1. The second-order valence-corrected chi connectivity index (χ2v) is 5.62. The van der Waals surface area contributed by atoms with Gasteiger partial charge in [0.2, 0.25) is 5.91 Å². The van der Waals surface area contributed by atoms with Crippen LogP contribution in [0.3, 0.4) is 0 Å². The van der Waals surface area contributed by atoms with Crippen LogP contribution in [0.5, 0.6) is 0 Å². The van der Waals surface area contributed by atoms with Gasteiger partial charge in [0.15, 0.2) is 0 Å². The number of hydrogen-bond acceptors (Lipinski definition) is 4. The van der Waals surface area contributed by atoms with E-state index in [0.29, 0.717) is 36.3 Å². The molecule has 7 heteroatoms. The predicted molar refractivity (Wildman–Crippen MR) is 93.8 cm³/mol. The highest BCUT2D eigenvalue weighted by Gasteiger charge is 2.11. The maximum atomic E-state index is 11.9. The Morgan fingerprint density at radius 3 is 2.68 bits per heavy atom. The van der Waals surface area contributed by atoms with E-state index in [1.165, 1.54) is 10.9 Å². The molecule has 1 heterocycles. The fraction of sp³-hybridized carbons (Fsp3) is 0.333. The zero-order valence-corrected chi connectivity index (χ0v) is 14.2. The average molecular weight is 339 g/mol. The summed E-state index contributed by atoms with van der Waals surface area (Å²) in [6, 6.07) is 11.1. The molecule has 0 saturated carbocycles. The molecule has 1 aromatic carbocycles. The minimum atomic E-state index is -0.145. The number of anilines is 1. The zero-order valence-electron chi connectivity index (χ0n) is 14.2. The van der Waals surface area contributed by atoms with Gasteiger partial charge in [0.1, 0.15) is 17.5 Å². The van der Waals surface area contributed by atoms with E-state index >= 15 is 0 Å². The first-order chi connectivity index (χ1) is 12.1. The van der Waals surface area contributed by atoms with Gasteiger partial charge in [-0.1, -0.05) is 24.6 Å². The first-order valence-electron chi connectivity index (χ1n) is 8.17. The van der Waals surface area contributed by atoms with E-state index in [2.05, 4.69) is 15.7 Å².